The molecule has 0 fully saturated rings. The fourth-order valence-corrected chi connectivity index (χ4v) is 3.40. The molecule has 0 radical (unpaired) electrons. The fourth-order valence-electron chi connectivity index (χ4n) is 3.40. The van der Waals surface area contributed by atoms with E-state index in [0.717, 1.165) is 5.56 Å². The molecule has 2 aromatic carbocycles. The Balaban J connectivity index is 1.88. The van der Waals surface area contributed by atoms with Crippen LogP contribution in [0.3, 0.4) is 0 Å². The molecule has 0 aliphatic carbocycles. The van der Waals surface area contributed by atoms with E-state index in [0.29, 0.717) is 42.8 Å². The van der Waals surface area contributed by atoms with Gasteiger partial charge < -0.3 is 9.47 Å². The molecular weight excluding hydrogens is 383 g/mol. The molecule has 7 heteroatoms. The molecule has 1 heterocycles. The van der Waals surface area contributed by atoms with Crippen molar-refractivity contribution in [1.82, 2.24) is 4.90 Å². The highest BCUT2D eigenvalue weighted by molar-refractivity contribution is 5.98. The van der Waals surface area contributed by atoms with Crippen molar-refractivity contribution in [3.05, 3.63) is 71.3 Å². The van der Waals surface area contributed by atoms with Crippen molar-refractivity contribution in [2.75, 3.05) is 19.7 Å². The van der Waals surface area contributed by atoms with Crippen molar-refractivity contribution in [3.8, 4) is 5.75 Å². The van der Waals surface area contributed by atoms with E-state index in [1.807, 2.05) is 30.3 Å². The Kier molecular flexibility index (Phi) is 6.59. The van der Waals surface area contributed by atoms with E-state index in [-0.39, 0.29) is 12.4 Å². The van der Waals surface area contributed by atoms with Crippen molar-refractivity contribution >= 4 is 11.5 Å². The van der Waals surface area contributed by atoms with Gasteiger partial charge in [0.1, 0.15) is 5.75 Å². The number of nitrogens with zero attached hydrogens (tertiary/aromatic N) is 1. The molecule has 154 valence electrons. The summed E-state index contributed by atoms with van der Waals surface area (Å²) in [5, 5.41) is 0. The lowest BCUT2D eigenvalue weighted by Crippen LogP contribution is -2.34. The first kappa shape index (κ1) is 20.9. The summed E-state index contributed by atoms with van der Waals surface area (Å²) in [6.07, 6.45) is -4.24. The summed E-state index contributed by atoms with van der Waals surface area (Å²) in [6.45, 7) is 3.67. The Morgan fingerprint density at radius 1 is 1.10 bits per heavy atom. The first-order valence-corrected chi connectivity index (χ1v) is 9.37. The fraction of sp³-hybridized carbons (Fsp3) is 0.318. The van der Waals surface area contributed by atoms with Gasteiger partial charge in [0, 0.05) is 19.6 Å². The maximum atomic E-state index is 12.6. The van der Waals surface area contributed by atoms with E-state index in [1.165, 1.54) is 18.2 Å². The van der Waals surface area contributed by atoms with Crippen LogP contribution < -0.4 is 4.74 Å². The van der Waals surface area contributed by atoms with Crippen LogP contribution in [0.5, 0.6) is 5.75 Å². The van der Waals surface area contributed by atoms with Crippen LogP contribution in [0.4, 0.5) is 13.2 Å². The molecule has 0 spiro atoms. The molecule has 0 bridgehead atoms. The van der Waals surface area contributed by atoms with Crippen molar-refractivity contribution < 1.29 is 27.4 Å². The van der Waals surface area contributed by atoms with Crippen molar-refractivity contribution in [3.63, 3.8) is 0 Å². The lowest BCUT2D eigenvalue weighted by molar-refractivity contribution is -0.274. The van der Waals surface area contributed by atoms with Crippen LogP contribution in [-0.2, 0) is 16.1 Å². The van der Waals surface area contributed by atoms with E-state index in [1.54, 1.807) is 13.0 Å². The van der Waals surface area contributed by atoms with E-state index in [4.69, 9.17) is 4.74 Å². The van der Waals surface area contributed by atoms with Crippen LogP contribution in [0.2, 0.25) is 0 Å². The highest BCUT2D eigenvalue weighted by Crippen LogP contribution is 2.32. The number of hydrogen-bond donors (Lipinski definition) is 0. The largest absolute Gasteiger partial charge is 0.573 e. The van der Waals surface area contributed by atoms with Gasteiger partial charge in [-0.3, -0.25) is 4.90 Å². The van der Waals surface area contributed by atoms with Gasteiger partial charge in [0.25, 0.3) is 0 Å². The average molecular weight is 405 g/mol. The first-order chi connectivity index (χ1) is 13.9. The van der Waals surface area contributed by atoms with E-state index in [2.05, 4.69) is 9.64 Å². The zero-order chi connectivity index (χ0) is 20.9. The second-order valence-corrected chi connectivity index (χ2v) is 6.70. The Morgan fingerprint density at radius 3 is 2.55 bits per heavy atom. The molecule has 0 aromatic heterocycles. The maximum absolute atomic E-state index is 12.6. The minimum atomic E-state index is -4.77. The summed E-state index contributed by atoms with van der Waals surface area (Å²) in [5.74, 6) is -0.750. The van der Waals surface area contributed by atoms with E-state index in [9.17, 15) is 18.0 Å². The molecule has 1 aliphatic rings. The van der Waals surface area contributed by atoms with Gasteiger partial charge in [-0.25, -0.2) is 4.79 Å². The molecule has 1 aliphatic heterocycles. The van der Waals surface area contributed by atoms with Gasteiger partial charge in [-0.05, 0) is 42.2 Å². The Morgan fingerprint density at radius 2 is 1.86 bits per heavy atom. The Hall–Kier alpha value is -2.80. The number of rotatable bonds is 6. The van der Waals surface area contributed by atoms with Crippen LogP contribution in [0.15, 0.2) is 60.2 Å². The molecule has 0 unspecified atom stereocenters. The van der Waals surface area contributed by atoms with Crippen LogP contribution >= 0.6 is 0 Å². The molecule has 0 atom stereocenters. The van der Waals surface area contributed by atoms with Gasteiger partial charge >= 0.3 is 12.3 Å². The van der Waals surface area contributed by atoms with Crippen molar-refractivity contribution in [1.29, 1.82) is 0 Å². The standard InChI is InChI=1S/C22H22F3NO3/c1-2-28-21(27)20-15-26(14-16-7-4-3-5-8-16)12-11-19(20)17-9-6-10-18(13-17)29-22(23,24)25/h3-10,13H,2,11-12,14-15H2,1H3. The molecule has 29 heavy (non-hydrogen) atoms. The Bertz CT molecular complexity index is 878. The molecule has 4 nitrogen and oxygen atoms in total. The molecule has 0 N–H and O–H groups in total. The van der Waals surface area contributed by atoms with Gasteiger partial charge in [-0.15, -0.1) is 13.2 Å². The lowest BCUT2D eigenvalue weighted by Gasteiger charge is -2.30. The predicted molar refractivity (Wildman–Crippen MR) is 103 cm³/mol. The van der Waals surface area contributed by atoms with Gasteiger partial charge in [0.05, 0.1) is 12.2 Å². The zero-order valence-corrected chi connectivity index (χ0v) is 16.0. The van der Waals surface area contributed by atoms with Crippen molar-refractivity contribution in [2.45, 2.75) is 26.3 Å². The number of ether oxygens (including phenoxy) is 2. The highest BCUT2D eigenvalue weighted by Gasteiger charge is 2.31. The number of hydrogen-bond acceptors (Lipinski definition) is 4. The number of benzene rings is 2. The van der Waals surface area contributed by atoms with Gasteiger partial charge in [0.2, 0.25) is 0 Å². The highest BCUT2D eigenvalue weighted by atomic mass is 19.4. The number of alkyl halides is 3. The number of halogens is 3. The second-order valence-electron chi connectivity index (χ2n) is 6.70. The van der Waals surface area contributed by atoms with Crippen LogP contribution in [0.1, 0.15) is 24.5 Å². The number of carbonyl (C=O) groups is 1. The van der Waals surface area contributed by atoms with Gasteiger partial charge in [-0.1, -0.05) is 42.5 Å². The summed E-state index contributed by atoms with van der Waals surface area (Å²) >= 11 is 0. The summed E-state index contributed by atoms with van der Waals surface area (Å²) < 4.78 is 46.9. The third-order valence-electron chi connectivity index (χ3n) is 4.61. The lowest BCUT2D eigenvalue weighted by atomic mass is 9.93. The summed E-state index contributed by atoms with van der Waals surface area (Å²) in [6, 6.07) is 15.6. The van der Waals surface area contributed by atoms with E-state index < -0.39 is 12.3 Å². The Labute approximate surface area is 167 Å². The molecule has 0 amide bonds. The maximum Gasteiger partial charge on any atom is 0.573 e. The normalized spacial score (nSPS) is 15.3. The summed E-state index contributed by atoms with van der Waals surface area (Å²) in [7, 11) is 0. The first-order valence-electron chi connectivity index (χ1n) is 9.37. The molecule has 3 rings (SSSR count). The number of esters is 1. The van der Waals surface area contributed by atoms with Crippen LogP contribution in [-0.4, -0.2) is 36.9 Å². The second kappa shape index (κ2) is 9.13. The van der Waals surface area contributed by atoms with Crippen LogP contribution in [0, 0.1) is 0 Å². The van der Waals surface area contributed by atoms with Gasteiger partial charge in [-0.2, -0.15) is 0 Å². The minimum absolute atomic E-state index is 0.228. The third kappa shape index (κ3) is 5.84. The monoisotopic (exact) mass is 405 g/mol. The topological polar surface area (TPSA) is 38.8 Å². The SMILES string of the molecule is CCOC(=O)C1=C(c2cccc(OC(F)(F)F)c2)CCN(Cc2ccccc2)C1. The average Bonchev–Trinajstić information content (AvgIpc) is 2.68. The minimum Gasteiger partial charge on any atom is -0.463 e. The molecule has 0 saturated heterocycles. The van der Waals surface area contributed by atoms with Crippen LogP contribution in [0.25, 0.3) is 5.57 Å². The quantitative estimate of drug-likeness (QED) is 0.647. The van der Waals surface area contributed by atoms with Crippen molar-refractivity contribution in [2.24, 2.45) is 0 Å². The summed E-state index contributed by atoms with van der Waals surface area (Å²) in [5.41, 5.74) is 2.83. The molecule has 2 aromatic rings. The summed E-state index contributed by atoms with van der Waals surface area (Å²) in [4.78, 5) is 14.7. The predicted octanol–water partition coefficient (Wildman–Crippen LogP) is 4.81. The smallest absolute Gasteiger partial charge is 0.463 e. The van der Waals surface area contributed by atoms with E-state index >= 15 is 0 Å². The third-order valence-corrected chi connectivity index (χ3v) is 4.61. The molecule has 0 saturated carbocycles. The molecular formula is C22H22F3NO3. The number of carbonyl (C=O) groups excluding carboxylic acids is 1. The zero-order valence-electron chi connectivity index (χ0n) is 16.0. The van der Waals surface area contributed by atoms with Gasteiger partial charge in [0.15, 0.2) is 0 Å².